The third kappa shape index (κ3) is 3.76. The molecule has 1 heterocycles. The van der Waals surface area contributed by atoms with Crippen LogP contribution >= 0.6 is 0 Å². The van der Waals surface area contributed by atoms with Crippen molar-refractivity contribution in [2.75, 3.05) is 12.4 Å². The van der Waals surface area contributed by atoms with Crippen LogP contribution < -0.4 is 14.8 Å². The van der Waals surface area contributed by atoms with Gasteiger partial charge in [-0.2, -0.15) is 0 Å². The fraction of sp³-hybridized carbons (Fsp3) is 0.105. The van der Waals surface area contributed by atoms with Crippen LogP contribution in [0.2, 0.25) is 0 Å². The summed E-state index contributed by atoms with van der Waals surface area (Å²) in [5.41, 5.74) is 1.34. The van der Waals surface area contributed by atoms with E-state index in [9.17, 15) is 4.79 Å². The maximum Gasteiger partial charge on any atom is 0.291 e. The predicted molar refractivity (Wildman–Crippen MR) is 90.4 cm³/mol. The molecule has 0 radical (unpaired) electrons. The number of hydrogen-bond donors (Lipinski definition) is 1. The average molecular weight is 323 g/mol. The first-order valence-corrected chi connectivity index (χ1v) is 7.46. The van der Waals surface area contributed by atoms with Gasteiger partial charge in [-0.3, -0.25) is 4.79 Å². The van der Waals surface area contributed by atoms with E-state index in [0.29, 0.717) is 11.3 Å². The zero-order chi connectivity index (χ0) is 16.8. The van der Waals surface area contributed by atoms with E-state index in [4.69, 9.17) is 13.9 Å². The fourth-order valence-electron chi connectivity index (χ4n) is 2.19. The van der Waals surface area contributed by atoms with E-state index in [1.807, 2.05) is 30.3 Å². The van der Waals surface area contributed by atoms with Crippen molar-refractivity contribution >= 4 is 11.6 Å². The Kier molecular flexibility index (Phi) is 4.81. The van der Waals surface area contributed by atoms with Gasteiger partial charge in [0.25, 0.3) is 5.91 Å². The van der Waals surface area contributed by atoms with Gasteiger partial charge in [0.2, 0.25) is 0 Å². The van der Waals surface area contributed by atoms with Crippen LogP contribution in [0.4, 0.5) is 5.69 Å². The highest BCUT2D eigenvalue weighted by atomic mass is 16.5. The minimum absolute atomic E-state index is 0.238. The molecule has 0 aliphatic carbocycles. The van der Waals surface area contributed by atoms with Gasteiger partial charge >= 0.3 is 0 Å². The molecule has 0 spiro atoms. The lowest BCUT2D eigenvalue weighted by Crippen LogP contribution is -2.13. The molecule has 0 aliphatic rings. The molecule has 1 aromatic heterocycles. The van der Waals surface area contributed by atoms with Crippen LogP contribution in [0.1, 0.15) is 16.1 Å². The zero-order valence-electron chi connectivity index (χ0n) is 13.2. The summed E-state index contributed by atoms with van der Waals surface area (Å²) in [6.07, 6.45) is 1.48. The number of para-hydroxylation sites is 1. The van der Waals surface area contributed by atoms with Crippen LogP contribution in [0.5, 0.6) is 11.5 Å². The Morgan fingerprint density at radius 2 is 1.75 bits per heavy atom. The highest BCUT2D eigenvalue weighted by molar-refractivity contribution is 6.03. The molecule has 2 aromatic carbocycles. The topological polar surface area (TPSA) is 60.7 Å². The van der Waals surface area contributed by atoms with Crippen molar-refractivity contribution in [1.29, 1.82) is 0 Å². The summed E-state index contributed by atoms with van der Waals surface area (Å²) in [5, 5.41) is 2.79. The van der Waals surface area contributed by atoms with Gasteiger partial charge in [0.05, 0.1) is 13.4 Å². The molecule has 0 atom stereocenters. The van der Waals surface area contributed by atoms with Gasteiger partial charge in [0.1, 0.15) is 18.1 Å². The lowest BCUT2D eigenvalue weighted by Gasteiger charge is -2.08. The smallest absolute Gasteiger partial charge is 0.291 e. The van der Waals surface area contributed by atoms with Crippen molar-refractivity contribution in [2.45, 2.75) is 6.61 Å². The summed E-state index contributed by atoms with van der Waals surface area (Å²) in [5.74, 6) is 1.38. The molecule has 5 nitrogen and oxygen atoms in total. The first-order chi connectivity index (χ1) is 11.8. The summed E-state index contributed by atoms with van der Waals surface area (Å²) < 4.78 is 16.1. The van der Waals surface area contributed by atoms with Crippen molar-refractivity contribution in [1.82, 2.24) is 0 Å². The van der Waals surface area contributed by atoms with Crippen molar-refractivity contribution in [3.8, 4) is 11.5 Å². The SMILES string of the molecule is COc1ccc(NC(=O)c2occc2COc2ccccc2)cc1. The Balaban J connectivity index is 1.66. The summed E-state index contributed by atoms with van der Waals surface area (Å²) in [6, 6.07) is 18.2. The van der Waals surface area contributed by atoms with E-state index in [1.54, 1.807) is 37.4 Å². The Morgan fingerprint density at radius 3 is 2.46 bits per heavy atom. The predicted octanol–water partition coefficient (Wildman–Crippen LogP) is 4.12. The molecule has 24 heavy (non-hydrogen) atoms. The maximum absolute atomic E-state index is 12.4. The van der Waals surface area contributed by atoms with Gasteiger partial charge in [-0.25, -0.2) is 0 Å². The summed E-state index contributed by atoms with van der Waals surface area (Å²) in [6.45, 7) is 0.256. The van der Waals surface area contributed by atoms with E-state index < -0.39 is 0 Å². The molecular formula is C19H17NO4. The number of nitrogens with one attached hydrogen (secondary N) is 1. The Morgan fingerprint density at radius 1 is 1.00 bits per heavy atom. The second kappa shape index (κ2) is 7.37. The molecule has 122 valence electrons. The van der Waals surface area contributed by atoms with Crippen molar-refractivity contribution < 1.29 is 18.7 Å². The van der Waals surface area contributed by atoms with Crippen LogP contribution in [-0.4, -0.2) is 13.0 Å². The lowest BCUT2D eigenvalue weighted by molar-refractivity contribution is 0.0993. The molecule has 0 saturated heterocycles. The third-order valence-corrected chi connectivity index (χ3v) is 3.44. The molecule has 5 heteroatoms. The van der Waals surface area contributed by atoms with Crippen molar-refractivity contribution in [3.63, 3.8) is 0 Å². The molecule has 3 rings (SSSR count). The normalized spacial score (nSPS) is 10.2. The van der Waals surface area contributed by atoms with Gasteiger partial charge in [-0.05, 0) is 42.5 Å². The first-order valence-electron chi connectivity index (χ1n) is 7.46. The fourth-order valence-corrected chi connectivity index (χ4v) is 2.19. The summed E-state index contributed by atoms with van der Waals surface area (Å²) >= 11 is 0. The molecular weight excluding hydrogens is 306 g/mol. The van der Waals surface area contributed by atoms with E-state index in [2.05, 4.69) is 5.32 Å². The third-order valence-electron chi connectivity index (χ3n) is 3.44. The maximum atomic E-state index is 12.4. The molecule has 0 saturated carbocycles. The number of ether oxygens (including phenoxy) is 2. The van der Waals surface area contributed by atoms with E-state index in [0.717, 1.165) is 11.5 Å². The number of rotatable bonds is 6. The first kappa shape index (κ1) is 15.7. The number of amides is 1. The van der Waals surface area contributed by atoms with E-state index >= 15 is 0 Å². The second-order valence-electron chi connectivity index (χ2n) is 5.06. The van der Waals surface area contributed by atoms with Gasteiger partial charge in [-0.15, -0.1) is 0 Å². The van der Waals surface area contributed by atoms with Gasteiger partial charge in [0, 0.05) is 11.3 Å². The van der Waals surface area contributed by atoms with Crippen molar-refractivity contribution in [3.05, 3.63) is 78.3 Å². The average Bonchev–Trinajstić information content (AvgIpc) is 3.10. The summed E-state index contributed by atoms with van der Waals surface area (Å²) in [7, 11) is 1.59. The Hall–Kier alpha value is -3.21. The minimum Gasteiger partial charge on any atom is -0.497 e. The quantitative estimate of drug-likeness (QED) is 0.741. The van der Waals surface area contributed by atoms with Gasteiger partial charge < -0.3 is 19.2 Å². The summed E-state index contributed by atoms with van der Waals surface area (Å²) in [4.78, 5) is 12.4. The van der Waals surface area contributed by atoms with Crippen LogP contribution in [0.3, 0.4) is 0 Å². The second-order valence-corrected chi connectivity index (χ2v) is 5.06. The Bertz CT molecular complexity index is 794. The number of carbonyl (C=O) groups is 1. The molecule has 0 fully saturated rings. The highest BCUT2D eigenvalue weighted by Gasteiger charge is 2.16. The molecule has 1 amide bonds. The molecule has 0 bridgehead atoms. The van der Waals surface area contributed by atoms with Crippen LogP contribution in [0.25, 0.3) is 0 Å². The molecule has 0 aliphatic heterocycles. The number of hydrogen-bond acceptors (Lipinski definition) is 4. The standard InChI is InChI=1S/C19H17NO4/c1-22-16-9-7-15(8-10-16)20-19(21)18-14(11-12-23-18)13-24-17-5-3-2-4-6-17/h2-12H,13H2,1H3,(H,20,21). The molecule has 1 N–H and O–H groups in total. The largest absolute Gasteiger partial charge is 0.497 e. The zero-order valence-corrected chi connectivity index (χ0v) is 13.2. The van der Waals surface area contributed by atoms with Gasteiger partial charge in [-0.1, -0.05) is 18.2 Å². The van der Waals surface area contributed by atoms with E-state index in [1.165, 1.54) is 6.26 Å². The molecule has 3 aromatic rings. The monoisotopic (exact) mass is 323 g/mol. The van der Waals surface area contributed by atoms with Gasteiger partial charge in [0.15, 0.2) is 5.76 Å². The number of methoxy groups -OCH3 is 1. The van der Waals surface area contributed by atoms with Crippen molar-refractivity contribution in [2.24, 2.45) is 0 Å². The highest BCUT2D eigenvalue weighted by Crippen LogP contribution is 2.19. The number of anilines is 1. The van der Waals surface area contributed by atoms with Crippen LogP contribution in [0, 0.1) is 0 Å². The van der Waals surface area contributed by atoms with Crippen LogP contribution in [0.15, 0.2) is 71.3 Å². The Labute approximate surface area is 139 Å². The molecule has 0 unspecified atom stereocenters. The van der Waals surface area contributed by atoms with E-state index in [-0.39, 0.29) is 18.3 Å². The lowest BCUT2D eigenvalue weighted by atomic mass is 10.2. The van der Waals surface area contributed by atoms with Crippen LogP contribution in [-0.2, 0) is 6.61 Å². The number of carbonyl (C=O) groups excluding carboxylic acids is 1. The minimum atomic E-state index is -0.322. The number of benzene rings is 2. The number of furan rings is 1.